The van der Waals surface area contributed by atoms with E-state index in [1.807, 2.05) is 0 Å². The fourth-order valence-corrected chi connectivity index (χ4v) is 3.27. The molecule has 10 nitrogen and oxygen atoms in total. The van der Waals surface area contributed by atoms with Crippen molar-refractivity contribution in [2.75, 3.05) is 49.1 Å². The molecule has 0 unspecified atom stereocenters. The van der Waals surface area contributed by atoms with Crippen LogP contribution < -0.4 is 20.4 Å². The van der Waals surface area contributed by atoms with Crippen LogP contribution in [0.3, 0.4) is 0 Å². The van der Waals surface area contributed by atoms with Gasteiger partial charge in [-0.1, -0.05) is 0 Å². The number of anilines is 2. The Labute approximate surface area is 178 Å². The van der Waals surface area contributed by atoms with Crippen LogP contribution >= 0.6 is 12.2 Å². The van der Waals surface area contributed by atoms with E-state index in [0.29, 0.717) is 36.1 Å². The summed E-state index contributed by atoms with van der Waals surface area (Å²) in [6.45, 7) is 2.98. The van der Waals surface area contributed by atoms with Crippen molar-refractivity contribution >= 4 is 47.0 Å². The van der Waals surface area contributed by atoms with E-state index in [4.69, 9.17) is 22.1 Å². The highest BCUT2D eigenvalue weighted by molar-refractivity contribution is 7.80. The van der Waals surface area contributed by atoms with E-state index in [2.05, 4.69) is 15.7 Å². The molecule has 0 bridgehead atoms. The molecule has 2 aliphatic rings. The fraction of sp³-hybridized carbons (Fsp3) is 0.444. The van der Waals surface area contributed by atoms with Gasteiger partial charge in [0.1, 0.15) is 18.3 Å². The number of carbonyl (C=O) groups is 2. The van der Waals surface area contributed by atoms with Crippen molar-refractivity contribution in [1.82, 2.24) is 15.6 Å². The van der Waals surface area contributed by atoms with Gasteiger partial charge in [-0.15, -0.1) is 0 Å². The topological polar surface area (TPSA) is 110 Å². The van der Waals surface area contributed by atoms with Crippen molar-refractivity contribution < 1.29 is 23.8 Å². The number of nitrogens with zero attached hydrogens (tertiary/aromatic N) is 4. The summed E-state index contributed by atoms with van der Waals surface area (Å²) in [6.07, 6.45) is 0.395. The molecular formula is C18H23FN6O4S. The maximum Gasteiger partial charge on any atom is 0.414 e. The van der Waals surface area contributed by atoms with Gasteiger partial charge >= 0.3 is 6.09 Å². The molecule has 2 heterocycles. The second-order valence-electron chi connectivity index (χ2n) is 6.69. The first-order chi connectivity index (χ1) is 14.4. The molecule has 1 aromatic rings. The number of hydrogen-bond acceptors (Lipinski definition) is 7. The molecule has 0 spiro atoms. The zero-order chi connectivity index (χ0) is 21.7. The van der Waals surface area contributed by atoms with E-state index in [9.17, 15) is 14.0 Å². The van der Waals surface area contributed by atoms with Crippen LogP contribution in [0.25, 0.3) is 0 Å². The van der Waals surface area contributed by atoms with Crippen LogP contribution in [-0.2, 0) is 9.53 Å². The maximum atomic E-state index is 14.8. The summed E-state index contributed by atoms with van der Waals surface area (Å²) in [5.41, 5.74) is 0.690. The first-order valence-electron chi connectivity index (χ1n) is 9.38. The molecule has 0 saturated carbocycles. The number of thiocarbonyl (C=S) groups is 1. The number of hydrazone groups is 1. The number of cyclic esters (lactones) is 1. The summed E-state index contributed by atoms with van der Waals surface area (Å²) in [4.78, 5) is 26.1. The summed E-state index contributed by atoms with van der Waals surface area (Å²) in [6, 6.07) is 4.47. The van der Waals surface area contributed by atoms with Gasteiger partial charge in [0.2, 0.25) is 5.91 Å². The number of hydrogen-bond donors (Lipinski definition) is 3. The molecule has 1 aromatic carbocycles. The average Bonchev–Trinajstić information content (AvgIpc) is 3.11. The van der Waals surface area contributed by atoms with Crippen molar-refractivity contribution in [3.63, 3.8) is 0 Å². The molecular weight excluding hydrogens is 415 g/mol. The molecule has 0 radical (unpaired) electrons. The summed E-state index contributed by atoms with van der Waals surface area (Å²) in [5.74, 6) is -0.724. The van der Waals surface area contributed by atoms with E-state index in [-0.39, 0.29) is 25.6 Å². The van der Waals surface area contributed by atoms with Gasteiger partial charge in [0.25, 0.3) is 0 Å². The third-order valence-corrected chi connectivity index (χ3v) is 4.87. The Morgan fingerprint density at radius 2 is 2.20 bits per heavy atom. The van der Waals surface area contributed by atoms with Crippen LogP contribution in [-0.4, -0.2) is 79.0 Å². The molecule has 30 heavy (non-hydrogen) atoms. The fourth-order valence-electron chi connectivity index (χ4n) is 3.03. The summed E-state index contributed by atoms with van der Waals surface area (Å²) in [7, 11) is 0. The Morgan fingerprint density at radius 1 is 1.40 bits per heavy atom. The molecule has 3 rings (SSSR count). The lowest BCUT2D eigenvalue weighted by molar-refractivity contribution is -0.119. The first-order valence-corrected chi connectivity index (χ1v) is 9.79. The highest BCUT2D eigenvalue weighted by atomic mass is 32.1. The van der Waals surface area contributed by atoms with Crippen molar-refractivity contribution in [2.24, 2.45) is 5.10 Å². The van der Waals surface area contributed by atoms with Crippen molar-refractivity contribution in [1.29, 1.82) is 0 Å². The third-order valence-electron chi connectivity index (χ3n) is 4.51. The van der Waals surface area contributed by atoms with E-state index in [1.54, 1.807) is 22.0 Å². The Balaban J connectivity index is 1.64. The van der Waals surface area contributed by atoms with Gasteiger partial charge in [0, 0.05) is 20.0 Å². The van der Waals surface area contributed by atoms with Gasteiger partial charge in [-0.25, -0.2) is 14.2 Å². The number of benzene rings is 1. The minimum Gasteiger partial charge on any atom is -0.442 e. The summed E-state index contributed by atoms with van der Waals surface area (Å²) in [5, 5.41) is 20.4. The smallest absolute Gasteiger partial charge is 0.414 e. The van der Waals surface area contributed by atoms with Crippen LogP contribution in [0, 0.1) is 5.82 Å². The molecule has 1 fully saturated rings. The predicted molar refractivity (Wildman–Crippen MR) is 113 cm³/mol. The predicted octanol–water partition coefficient (Wildman–Crippen LogP) is 0.219. The standard InChI is InChI=1S/C18H23FN6O4S/c1-12(27)21-9-14-10-24(18(28)29-14)13-2-3-16(15(19)8-13)23-5-6-25(22-11-23)17(30)20-4-7-26/h2-3,8,11,14,26H,4-7,9-10H2,1H3,(H,20,30)(H,21,27)/t14-/m0/s1. The van der Waals surface area contributed by atoms with E-state index >= 15 is 0 Å². The Kier molecular flexibility index (Phi) is 7.00. The van der Waals surface area contributed by atoms with Gasteiger partial charge < -0.3 is 25.4 Å². The van der Waals surface area contributed by atoms with Crippen LogP contribution in [0.4, 0.5) is 20.6 Å². The maximum absolute atomic E-state index is 14.8. The zero-order valence-corrected chi connectivity index (χ0v) is 17.2. The van der Waals surface area contributed by atoms with Gasteiger partial charge in [-0.05, 0) is 30.4 Å². The average molecular weight is 438 g/mol. The molecule has 2 aliphatic heterocycles. The van der Waals surface area contributed by atoms with Gasteiger partial charge in [0.05, 0.1) is 37.6 Å². The van der Waals surface area contributed by atoms with Crippen LogP contribution in [0.5, 0.6) is 0 Å². The quantitative estimate of drug-likeness (QED) is 0.541. The third kappa shape index (κ3) is 5.13. The van der Waals surface area contributed by atoms with E-state index < -0.39 is 18.0 Å². The number of amides is 2. The monoisotopic (exact) mass is 438 g/mol. The zero-order valence-electron chi connectivity index (χ0n) is 16.4. The van der Waals surface area contributed by atoms with Crippen LogP contribution in [0.2, 0.25) is 0 Å². The van der Waals surface area contributed by atoms with Gasteiger partial charge in [-0.2, -0.15) is 5.10 Å². The second kappa shape index (κ2) is 9.67. The molecule has 2 amide bonds. The van der Waals surface area contributed by atoms with E-state index in [1.165, 1.54) is 24.2 Å². The summed E-state index contributed by atoms with van der Waals surface area (Å²) >= 11 is 5.18. The van der Waals surface area contributed by atoms with Gasteiger partial charge in [0.15, 0.2) is 5.11 Å². The van der Waals surface area contributed by atoms with Crippen LogP contribution in [0.15, 0.2) is 23.3 Å². The van der Waals surface area contributed by atoms with E-state index in [0.717, 1.165) is 0 Å². The SMILES string of the molecule is CC(=O)NC[C@H]1CN(c2ccc(N3C=NN(C(=S)NCCO)CC3)c(F)c2)C(=O)O1. The lowest BCUT2D eigenvalue weighted by atomic mass is 10.2. The minimum atomic E-state index is -0.587. The molecule has 162 valence electrons. The summed E-state index contributed by atoms with van der Waals surface area (Å²) < 4.78 is 20.0. The van der Waals surface area contributed by atoms with Crippen LogP contribution in [0.1, 0.15) is 6.92 Å². The number of aliphatic hydroxyl groups is 1. The molecule has 1 atom stereocenters. The lowest BCUT2D eigenvalue weighted by Gasteiger charge is -2.30. The molecule has 0 aromatic heterocycles. The van der Waals surface area contributed by atoms with Crippen molar-refractivity contribution in [3.05, 3.63) is 24.0 Å². The highest BCUT2D eigenvalue weighted by Gasteiger charge is 2.33. The molecule has 12 heteroatoms. The van der Waals surface area contributed by atoms with Crippen molar-refractivity contribution in [3.8, 4) is 0 Å². The van der Waals surface area contributed by atoms with Gasteiger partial charge in [-0.3, -0.25) is 9.69 Å². The number of carbonyl (C=O) groups excluding carboxylic acids is 2. The highest BCUT2D eigenvalue weighted by Crippen LogP contribution is 2.28. The molecule has 1 saturated heterocycles. The normalized spacial score (nSPS) is 18.4. The van der Waals surface area contributed by atoms with Crippen molar-refractivity contribution in [2.45, 2.75) is 13.0 Å². The number of aliphatic hydroxyl groups excluding tert-OH is 1. The number of rotatable bonds is 6. The molecule has 0 aliphatic carbocycles. The lowest BCUT2D eigenvalue weighted by Crippen LogP contribution is -2.45. The number of halogens is 1. The second-order valence-corrected chi connectivity index (χ2v) is 7.08. The number of nitrogens with one attached hydrogen (secondary N) is 2. The minimum absolute atomic E-state index is 0.0417. The Hall–Kier alpha value is -2.99. The number of ether oxygens (including phenoxy) is 1. The largest absolute Gasteiger partial charge is 0.442 e. The Bertz CT molecular complexity index is 854. The molecule has 3 N–H and O–H groups in total. The Morgan fingerprint density at radius 3 is 2.83 bits per heavy atom. The first kappa shape index (κ1) is 21.7.